The van der Waals surface area contributed by atoms with Gasteiger partial charge in [-0.15, -0.1) is 11.3 Å². The summed E-state index contributed by atoms with van der Waals surface area (Å²) in [7, 11) is 0. The van der Waals surface area contributed by atoms with Gasteiger partial charge in [-0.25, -0.2) is 0 Å². The lowest BCUT2D eigenvalue weighted by atomic mass is 10.2. The molecule has 1 aromatic heterocycles. The molecule has 1 aromatic carbocycles. The Morgan fingerprint density at radius 3 is 2.74 bits per heavy atom. The van der Waals surface area contributed by atoms with Crippen LogP contribution in [0.25, 0.3) is 0 Å². The van der Waals surface area contributed by atoms with Crippen molar-refractivity contribution in [1.29, 1.82) is 0 Å². The zero-order chi connectivity index (χ0) is 13.7. The summed E-state index contributed by atoms with van der Waals surface area (Å²) in [6, 6.07) is 12.0. The van der Waals surface area contributed by atoms with Gasteiger partial charge in [0, 0.05) is 10.6 Å². The number of carbonyl (C=O) groups excluding carboxylic acids is 1. The zero-order valence-corrected chi connectivity index (χ0v) is 12.0. The SMILES string of the molecule is Cc1ccccc1NCC(=O)NC(C)c1cccs1. The Bertz CT molecular complexity index is 537. The predicted octanol–water partition coefficient (Wildman–Crippen LogP) is 3.35. The van der Waals surface area contributed by atoms with Crippen molar-refractivity contribution in [2.45, 2.75) is 19.9 Å². The predicted molar refractivity (Wildman–Crippen MR) is 80.5 cm³/mol. The molecule has 0 saturated carbocycles. The van der Waals surface area contributed by atoms with E-state index in [9.17, 15) is 4.79 Å². The maximum Gasteiger partial charge on any atom is 0.239 e. The van der Waals surface area contributed by atoms with Crippen LogP contribution in [0.15, 0.2) is 41.8 Å². The molecule has 0 bridgehead atoms. The molecule has 2 N–H and O–H groups in total. The van der Waals surface area contributed by atoms with Gasteiger partial charge in [-0.3, -0.25) is 4.79 Å². The Kier molecular flexibility index (Phi) is 4.58. The number of anilines is 1. The quantitative estimate of drug-likeness (QED) is 0.878. The van der Waals surface area contributed by atoms with E-state index >= 15 is 0 Å². The van der Waals surface area contributed by atoms with Crippen molar-refractivity contribution in [2.75, 3.05) is 11.9 Å². The number of para-hydroxylation sites is 1. The Labute approximate surface area is 117 Å². The minimum absolute atomic E-state index is 0.00385. The molecule has 0 saturated heterocycles. The van der Waals surface area contributed by atoms with Crippen LogP contribution in [0.5, 0.6) is 0 Å². The summed E-state index contributed by atoms with van der Waals surface area (Å²) in [5.41, 5.74) is 2.14. The number of rotatable bonds is 5. The maximum atomic E-state index is 11.9. The molecule has 1 amide bonds. The van der Waals surface area contributed by atoms with E-state index in [0.717, 1.165) is 11.3 Å². The zero-order valence-electron chi connectivity index (χ0n) is 11.1. The van der Waals surface area contributed by atoms with Gasteiger partial charge < -0.3 is 10.6 Å². The molecule has 19 heavy (non-hydrogen) atoms. The van der Waals surface area contributed by atoms with Crippen molar-refractivity contribution < 1.29 is 4.79 Å². The number of hydrogen-bond acceptors (Lipinski definition) is 3. The molecule has 0 aliphatic heterocycles. The molecule has 0 spiro atoms. The van der Waals surface area contributed by atoms with E-state index in [1.54, 1.807) is 11.3 Å². The smallest absolute Gasteiger partial charge is 0.239 e. The van der Waals surface area contributed by atoms with Crippen LogP contribution in [-0.4, -0.2) is 12.5 Å². The largest absolute Gasteiger partial charge is 0.376 e. The van der Waals surface area contributed by atoms with Gasteiger partial charge in [0.25, 0.3) is 0 Å². The number of hydrogen-bond donors (Lipinski definition) is 2. The van der Waals surface area contributed by atoms with Crippen LogP contribution >= 0.6 is 11.3 Å². The van der Waals surface area contributed by atoms with Gasteiger partial charge in [0.2, 0.25) is 5.91 Å². The Balaban J connectivity index is 1.84. The van der Waals surface area contributed by atoms with Crippen LogP contribution in [0.3, 0.4) is 0 Å². The molecular weight excluding hydrogens is 256 g/mol. The molecule has 1 atom stereocenters. The number of carbonyl (C=O) groups is 1. The first-order chi connectivity index (χ1) is 9.16. The van der Waals surface area contributed by atoms with Gasteiger partial charge in [-0.1, -0.05) is 24.3 Å². The van der Waals surface area contributed by atoms with E-state index in [4.69, 9.17) is 0 Å². The summed E-state index contributed by atoms with van der Waals surface area (Å²) in [6.45, 7) is 4.31. The molecule has 1 heterocycles. The van der Waals surface area contributed by atoms with E-state index in [1.165, 1.54) is 4.88 Å². The first-order valence-corrected chi connectivity index (χ1v) is 7.17. The Morgan fingerprint density at radius 1 is 1.26 bits per heavy atom. The van der Waals surface area contributed by atoms with Crippen molar-refractivity contribution in [3.05, 3.63) is 52.2 Å². The molecule has 2 rings (SSSR count). The molecule has 0 aliphatic carbocycles. The monoisotopic (exact) mass is 274 g/mol. The third-order valence-corrected chi connectivity index (χ3v) is 3.99. The van der Waals surface area contributed by atoms with E-state index < -0.39 is 0 Å². The highest BCUT2D eigenvalue weighted by Gasteiger charge is 2.10. The van der Waals surface area contributed by atoms with Crippen molar-refractivity contribution in [2.24, 2.45) is 0 Å². The Morgan fingerprint density at radius 2 is 2.05 bits per heavy atom. The second kappa shape index (κ2) is 6.38. The van der Waals surface area contributed by atoms with Crippen LogP contribution < -0.4 is 10.6 Å². The molecular formula is C15H18N2OS. The van der Waals surface area contributed by atoms with Crippen LogP contribution in [0.2, 0.25) is 0 Å². The fraction of sp³-hybridized carbons (Fsp3) is 0.267. The highest BCUT2D eigenvalue weighted by molar-refractivity contribution is 7.10. The van der Waals surface area contributed by atoms with E-state index in [2.05, 4.69) is 10.6 Å². The van der Waals surface area contributed by atoms with Gasteiger partial charge in [0.1, 0.15) is 0 Å². The summed E-state index contributed by atoms with van der Waals surface area (Å²) in [4.78, 5) is 13.0. The summed E-state index contributed by atoms with van der Waals surface area (Å²) in [6.07, 6.45) is 0. The first-order valence-electron chi connectivity index (χ1n) is 6.29. The molecule has 0 radical (unpaired) electrons. The highest BCUT2D eigenvalue weighted by Crippen LogP contribution is 2.18. The first kappa shape index (κ1) is 13.6. The molecule has 100 valence electrons. The number of nitrogens with one attached hydrogen (secondary N) is 2. The van der Waals surface area contributed by atoms with Crippen LogP contribution in [0.1, 0.15) is 23.4 Å². The maximum absolute atomic E-state index is 11.9. The van der Waals surface area contributed by atoms with E-state index in [1.807, 2.05) is 55.6 Å². The van der Waals surface area contributed by atoms with Gasteiger partial charge in [0.05, 0.1) is 12.6 Å². The standard InChI is InChI=1S/C15H18N2OS/c1-11-6-3-4-7-13(11)16-10-15(18)17-12(2)14-8-5-9-19-14/h3-9,12,16H,10H2,1-2H3,(H,17,18). The molecule has 1 unspecified atom stereocenters. The number of amides is 1. The topological polar surface area (TPSA) is 41.1 Å². The van der Waals surface area contributed by atoms with Gasteiger partial charge in [0.15, 0.2) is 0 Å². The summed E-state index contributed by atoms with van der Waals surface area (Å²) in [5, 5.41) is 8.15. The van der Waals surface area contributed by atoms with E-state index in [-0.39, 0.29) is 11.9 Å². The lowest BCUT2D eigenvalue weighted by Gasteiger charge is -2.14. The highest BCUT2D eigenvalue weighted by atomic mass is 32.1. The summed E-state index contributed by atoms with van der Waals surface area (Å²) in [5.74, 6) is 0.00385. The molecule has 2 aromatic rings. The summed E-state index contributed by atoms with van der Waals surface area (Å²) >= 11 is 1.65. The van der Waals surface area contributed by atoms with E-state index in [0.29, 0.717) is 6.54 Å². The average molecular weight is 274 g/mol. The van der Waals surface area contributed by atoms with Crippen molar-refractivity contribution in [3.63, 3.8) is 0 Å². The second-order valence-corrected chi connectivity index (χ2v) is 5.45. The van der Waals surface area contributed by atoms with Gasteiger partial charge >= 0.3 is 0 Å². The van der Waals surface area contributed by atoms with Crippen LogP contribution in [-0.2, 0) is 4.79 Å². The fourth-order valence-corrected chi connectivity index (χ4v) is 2.58. The third kappa shape index (κ3) is 3.83. The fourth-order valence-electron chi connectivity index (χ4n) is 1.85. The average Bonchev–Trinajstić information content (AvgIpc) is 2.91. The normalized spacial score (nSPS) is 11.9. The molecule has 3 nitrogen and oxygen atoms in total. The number of thiophene rings is 1. The molecule has 0 fully saturated rings. The Hall–Kier alpha value is -1.81. The minimum atomic E-state index is 0.00385. The minimum Gasteiger partial charge on any atom is -0.376 e. The molecule has 0 aliphatic rings. The lowest BCUT2D eigenvalue weighted by Crippen LogP contribution is -2.31. The van der Waals surface area contributed by atoms with Gasteiger partial charge in [-0.05, 0) is 36.9 Å². The van der Waals surface area contributed by atoms with Crippen molar-refractivity contribution >= 4 is 22.9 Å². The third-order valence-electron chi connectivity index (χ3n) is 2.93. The van der Waals surface area contributed by atoms with Crippen molar-refractivity contribution in [3.8, 4) is 0 Å². The number of benzene rings is 1. The summed E-state index contributed by atoms with van der Waals surface area (Å²) < 4.78 is 0. The van der Waals surface area contributed by atoms with Crippen LogP contribution in [0, 0.1) is 6.92 Å². The lowest BCUT2D eigenvalue weighted by molar-refractivity contribution is -0.120. The number of aryl methyl sites for hydroxylation is 1. The van der Waals surface area contributed by atoms with Gasteiger partial charge in [-0.2, -0.15) is 0 Å². The molecule has 4 heteroatoms. The van der Waals surface area contributed by atoms with Crippen LogP contribution in [0.4, 0.5) is 5.69 Å². The van der Waals surface area contributed by atoms with Crippen molar-refractivity contribution in [1.82, 2.24) is 5.32 Å². The second-order valence-electron chi connectivity index (χ2n) is 4.47.